The molecule has 0 aromatic heterocycles. The molecule has 6 fully saturated rings. The van der Waals surface area contributed by atoms with Gasteiger partial charge in [-0.3, -0.25) is 10.1 Å². The van der Waals surface area contributed by atoms with Gasteiger partial charge in [0, 0.05) is 13.0 Å². The fraction of sp³-hybridized carbons (Fsp3) is 0.976. The number of ether oxygens (including phenoxy) is 12. The minimum Gasteiger partial charge on any atom is -0.394 e. The molecule has 6 heterocycles. The van der Waals surface area contributed by atoms with Gasteiger partial charge in [0.25, 0.3) is 0 Å². The van der Waals surface area contributed by atoms with Crippen molar-refractivity contribution in [1.82, 2.24) is 5.32 Å². The predicted octanol–water partition coefficient (Wildman–Crippen LogP) is -10.6. The van der Waals surface area contributed by atoms with Crippen LogP contribution in [0.1, 0.15) is 27.7 Å². The van der Waals surface area contributed by atoms with Crippen LogP contribution in [0.3, 0.4) is 0 Å². The van der Waals surface area contributed by atoms with Crippen LogP contribution in [0.15, 0.2) is 0 Å². The Morgan fingerprint density at radius 2 is 0.915 bits per heavy atom. The molecule has 6 saturated heterocycles. The molecular formula is C41H72N2O28. The lowest BCUT2D eigenvalue weighted by Crippen LogP contribution is -2.71. The molecule has 0 radical (unpaired) electrons. The van der Waals surface area contributed by atoms with Gasteiger partial charge in [0.15, 0.2) is 37.7 Å². The van der Waals surface area contributed by atoms with Gasteiger partial charge in [-0.15, -0.1) is 0 Å². The van der Waals surface area contributed by atoms with Gasteiger partial charge in [-0.05, 0) is 20.8 Å². The number of hydrogen-bond acceptors (Lipinski definition) is 29. The summed E-state index contributed by atoms with van der Waals surface area (Å²) in [7, 11) is 1.18. The molecule has 1 amide bonds. The van der Waals surface area contributed by atoms with Crippen LogP contribution in [0.2, 0.25) is 0 Å². The number of carbonyl (C=O) groups is 1. The molecule has 0 aromatic carbocycles. The number of aliphatic hydroxyl groups is 15. The maximum Gasteiger partial charge on any atom is 0.234 e. The Hall–Kier alpha value is -1.65. The summed E-state index contributed by atoms with van der Waals surface area (Å²) in [4.78, 5) is 12.5. The van der Waals surface area contributed by atoms with Crippen molar-refractivity contribution in [3.63, 3.8) is 0 Å². The van der Waals surface area contributed by atoms with E-state index in [9.17, 15) is 81.4 Å². The Labute approximate surface area is 406 Å². The number of nitrogens with one attached hydrogen (secondary N) is 1. The van der Waals surface area contributed by atoms with Gasteiger partial charge >= 0.3 is 0 Å². The van der Waals surface area contributed by atoms with Crippen LogP contribution < -0.4 is 11.1 Å². The highest BCUT2D eigenvalue weighted by Gasteiger charge is 2.58. The Morgan fingerprint density at radius 3 is 1.48 bits per heavy atom. The number of primary amides is 1. The van der Waals surface area contributed by atoms with Gasteiger partial charge in [-0.2, -0.15) is 0 Å². The Bertz CT molecular complexity index is 1660. The zero-order valence-electron chi connectivity index (χ0n) is 39.3. The molecule has 30 heteroatoms. The fourth-order valence-corrected chi connectivity index (χ4v) is 9.22. The van der Waals surface area contributed by atoms with Gasteiger partial charge in [0.05, 0.1) is 56.8 Å². The molecule has 0 saturated carbocycles. The van der Waals surface area contributed by atoms with Crippen molar-refractivity contribution in [2.45, 2.75) is 212 Å². The summed E-state index contributed by atoms with van der Waals surface area (Å²) in [6, 6.07) is -2.67. The van der Waals surface area contributed by atoms with Gasteiger partial charge in [0.1, 0.15) is 116 Å². The van der Waals surface area contributed by atoms with E-state index in [0.717, 1.165) is 0 Å². The van der Waals surface area contributed by atoms with E-state index in [2.05, 4.69) is 5.32 Å². The van der Waals surface area contributed by atoms with Crippen molar-refractivity contribution >= 4 is 5.91 Å². The third-order valence-electron chi connectivity index (χ3n) is 13.8. The van der Waals surface area contributed by atoms with Crippen molar-refractivity contribution in [2.24, 2.45) is 11.7 Å². The van der Waals surface area contributed by atoms with Crippen LogP contribution in [0.5, 0.6) is 0 Å². The van der Waals surface area contributed by atoms with Crippen LogP contribution in [-0.4, -0.2) is 300 Å². The number of aliphatic hydroxyl groups excluding tert-OH is 15. The minimum absolute atomic E-state index is 0.835. The number of rotatable bonds is 18. The molecule has 0 spiro atoms. The monoisotopic (exact) mass is 1040 g/mol. The lowest BCUT2D eigenvalue weighted by Gasteiger charge is -2.51. The van der Waals surface area contributed by atoms with Gasteiger partial charge in [-0.25, -0.2) is 0 Å². The first-order valence-electron chi connectivity index (χ1n) is 23.2. The molecule has 6 rings (SSSR count). The molecule has 414 valence electrons. The van der Waals surface area contributed by atoms with Crippen molar-refractivity contribution in [1.29, 1.82) is 0 Å². The largest absolute Gasteiger partial charge is 0.394 e. The summed E-state index contributed by atoms with van der Waals surface area (Å²) in [5.41, 5.74) is 5.60. The van der Waals surface area contributed by atoms with Crippen LogP contribution in [-0.2, 0) is 61.6 Å². The van der Waals surface area contributed by atoms with Crippen molar-refractivity contribution < 1.29 is 138 Å². The van der Waals surface area contributed by atoms with Crippen molar-refractivity contribution in [3.05, 3.63) is 0 Å². The first-order chi connectivity index (χ1) is 33.5. The van der Waals surface area contributed by atoms with Gasteiger partial charge in [-0.1, -0.05) is 6.92 Å². The summed E-state index contributed by atoms with van der Waals surface area (Å²) in [5.74, 6) is -1.81. The van der Waals surface area contributed by atoms with Gasteiger partial charge in [0.2, 0.25) is 5.91 Å². The Kier molecular flexibility index (Phi) is 20.6. The Balaban J connectivity index is 1.35. The zero-order valence-corrected chi connectivity index (χ0v) is 39.3. The molecule has 31 atom stereocenters. The van der Waals surface area contributed by atoms with E-state index in [1.165, 1.54) is 34.8 Å². The number of methoxy groups -OCH3 is 1. The number of hydrogen-bond donors (Lipinski definition) is 17. The first kappa shape index (κ1) is 58.6. The molecule has 6 aliphatic heterocycles. The van der Waals surface area contributed by atoms with E-state index >= 15 is 0 Å². The topological polar surface area (TPSA) is 469 Å². The highest BCUT2D eigenvalue weighted by molar-refractivity contribution is 5.79. The fourth-order valence-electron chi connectivity index (χ4n) is 9.22. The number of carbonyl (C=O) groups excluding carboxylic acids is 1. The van der Waals surface area contributed by atoms with Crippen LogP contribution in [0.4, 0.5) is 0 Å². The lowest BCUT2D eigenvalue weighted by molar-refractivity contribution is -0.393. The highest BCUT2D eigenvalue weighted by Crippen LogP contribution is 2.38. The van der Waals surface area contributed by atoms with Crippen molar-refractivity contribution in [3.8, 4) is 0 Å². The van der Waals surface area contributed by atoms with Crippen LogP contribution in [0, 0.1) is 5.92 Å². The molecule has 0 aliphatic carbocycles. The summed E-state index contributed by atoms with van der Waals surface area (Å²) in [6.07, 6.45) is -47.8. The smallest absolute Gasteiger partial charge is 0.234 e. The lowest BCUT2D eigenvalue weighted by atomic mass is 9.92. The predicted molar refractivity (Wildman–Crippen MR) is 224 cm³/mol. The van der Waals surface area contributed by atoms with E-state index in [1.54, 1.807) is 0 Å². The first-order valence-corrected chi connectivity index (χ1v) is 23.2. The van der Waals surface area contributed by atoms with E-state index < -0.39 is 222 Å². The van der Waals surface area contributed by atoms with Gasteiger partial charge < -0.3 is 139 Å². The third-order valence-corrected chi connectivity index (χ3v) is 13.8. The third kappa shape index (κ3) is 12.5. The molecule has 0 aromatic rings. The molecule has 13 unspecified atom stereocenters. The van der Waals surface area contributed by atoms with E-state index in [0.29, 0.717) is 0 Å². The standard InChI is InChI=1S/C41H72N2O28/c1-10-19(47)20(48)12(3)62-36(10)70-33-21(49)13(4)63-40(29(33)57)71-34-24(52)17(9-61-38-27(55)25(53)22(50)14(6-44)64-38)67-41(30(34)58)69-32-18(43-11(2)35(42)59)37(60-5)66-16(8-46)31(32)68-39-28(56)26(54)23(51)15(7-45)65-39/h10-34,36-41,43-58H,6-9H2,1-5H3,(H2,42,59)/t10?,11?,12?,13?,14?,15?,16?,17?,18?,19-,20+,21+,22-,23-,24-,25+,26+,27?,28?,29?,30?,31+,32-,33+,34+,36+,37-,38+,39-,40+,41+/m1/s1. The maximum atomic E-state index is 12.5. The highest BCUT2D eigenvalue weighted by atomic mass is 16.8. The summed E-state index contributed by atoms with van der Waals surface area (Å²) in [6.45, 7) is 2.22. The van der Waals surface area contributed by atoms with Crippen LogP contribution in [0.25, 0.3) is 0 Å². The van der Waals surface area contributed by atoms with E-state index in [4.69, 9.17) is 62.6 Å². The molecule has 6 aliphatic rings. The summed E-state index contributed by atoms with van der Waals surface area (Å²) < 4.78 is 70.6. The van der Waals surface area contributed by atoms with Crippen LogP contribution >= 0.6 is 0 Å². The van der Waals surface area contributed by atoms with E-state index in [1.807, 2.05) is 0 Å². The van der Waals surface area contributed by atoms with E-state index in [-0.39, 0.29) is 0 Å². The Morgan fingerprint density at radius 1 is 0.479 bits per heavy atom. The zero-order chi connectivity index (χ0) is 52.5. The normalized spacial score (nSPS) is 51.4. The quantitative estimate of drug-likeness (QED) is 0.0606. The summed E-state index contributed by atoms with van der Waals surface area (Å²) >= 11 is 0. The second-order valence-corrected chi connectivity index (χ2v) is 18.7. The number of nitrogens with two attached hydrogens (primary N) is 1. The molecule has 18 N–H and O–H groups in total. The minimum atomic E-state index is -2.19. The molecule has 0 bridgehead atoms. The SMILES string of the molecule is CO[C@@H]1OC(CO)[C@H](O[C@H]2OC(CO)[C@@H](O)[C@H](O)C2O)[C@H](O[C@@H]2OC(CO[C@H]3OC(CO)[C@@H](O)[C@H](O)C3O)[C@@H](O)[C@H](O[C@@H]3OC(C)[C@H](O)[C@H](O[C@@H]4OC(C)[C@H](O)[C@H](O)C4C)C3O)C2O)C1NC(C)C(N)=O. The average molecular weight is 1040 g/mol. The molecular weight excluding hydrogens is 968 g/mol. The number of amides is 1. The molecule has 71 heavy (non-hydrogen) atoms. The summed E-state index contributed by atoms with van der Waals surface area (Å²) in [5, 5.41) is 165. The second-order valence-electron chi connectivity index (χ2n) is 18.7. The second kappa shape index (κ2) is 25.0. The van der Waals surface area contributed by atoms with Crippen molar-refractivity contribution in [2.75, 3.05) is 33.5 Å². The maximum absolute atomic E-state index is 12.5. The molecule has 30 nitrogen and oxygen atoms in total. The average Bonchev–Trinajstić information content (AvgIpc) is 3.34.